The average Bonchev–Trinajstić information content (AvgIpc) is 2.59. The largest absolute Gasteiger partial charge is 0.513 e. The lowest BCUT2D eigenvalue weighted by Crippen LogP contribution is -2.12. The van der Waals surface area contributed by atoms with Gasteiger partial charge in [-0.15, -0.1) is 11.8 Å². The van der Waals surface area contributed by atoms with Crippen LogP contribution in [0.15, 0.2) is 35.2 Å². The van der Waals surface area contributed by atoms with Crippen molar-refractivity contribution >= 4 is 40.8 Å². The number of ether oxygens (including phenoxy) is 4. The molecule has 0 fully saturated rings. The van der Waals surface area contributed by atoms with Crippen LogP contribution in [0, 0.1) is 0 Å². The summed E-state index contributed by atoms with van der Waals surface area (Å²) in [5.41, 5.74) is 0. The summed E-state index contributed by atoms with van der Waals surface area (Å²) in [5, 5.41) is 10.1. The van der Waals surface area contributed by atoms with Gasteiger partial charge < -0.3 is 24.1 Å². The first-order valence-electron chi connectivity index (χ1n) is 6.87. The molecule has 1 N–H and O–H groups in total. The van der Waals surface area contributed by atoms with Crippen molar-refractivity contribution in [3.8, 4) is 11.5 Å². The summed E-state index contributed by atoms with van der Waals surface area (Å²) in [6.45, 7) is 0. The third kappa shape index (κ3) is 5.01. The van der Waals surface area contributed by atoms with Gasteiger partial charge in [-0.3, -0.25) is 4.79 Å². The first kappa shape index (κ1) is 18.4. The summed E-state index contributed by atoms with van der Waals surface area (Å²) in [7, 11) is 2.29. The van der Waals surface area contributed by atoms with E-state index in [9.17, 15) is 14.4 Å². The minimum absolute atomic E-state index is 0.0179. The molecule has 0 unspecified atom stereocenters. The Balaban J connectivity index is 2.42. The Labute approximate surface area is 146 Å². The number of thioether (sulfide) groups is 1. The molecule has 0 saturated carbocycles. The first-order chi connectivity index (χ1) is 11.9. The van der Waals surface area contributed by atoms with Gasteiger partial charge >= 0.3 is 18.3 Å². The summed E-state index contributed by atoms with van der Waals surface area (Å²) in [4.78, 5) is 34.1. The highest BCUT2D eigenvalue weighted by molar-refractivity contribution is 8.00. The molecule has 25 heavy (non-hydrogen) atoms. The minimum Gasteiger partial charge on any atom is -0.481 e. The Bertz CT molecular complexity index is 817. The molecule has 2 rings (SSSR count). The van der Waals surface area contributed by atoms with E-state index in [1.807, 2.05) is 0 Å². The van der Waals surface area contributed by atoms with Gasteiger partial charge in [0.05, 0.1) is 20.0 Å². The molecule has 0 aliphatic carbocycles. The Hall–Kier alpha value is -2.94. The molecule has 9 heteroatoms. The molecule has 2 aromatic rings. The van der Waals surface area contributed by atoms with E-state index in [0.717, 1.165) is 30.9 Å². The van der Waals surface area contributed by atoms with Crippen LogP contribution in [0.1, 0.15) is 0 Å². The van der Waals surface area contributed by atoms with E-state index in [4.69, 9.17) is 14.6 Å². The molecular weight excluding hydrogens is 352 g/mol. The zero-order valence-corrected chi connectivity index (χ0v) is 14.1. The van der Waals surface area contributed by atoms with Crippen LogP contribution in [0.2, 0.25) is 0 Å². The lowest BCUT2D eigenvalue weighted by atomic mass is 10.1. The molecule has 0 bridgehead atoms. The molecule has 8 nitrogen and oxygen atoms in total. The number of aliphatic carboxylic acids is 1. The highest BCUT2D eigenvalue weighted by Gasteiger charge is 2.16. The van der Waals surface area contributed by atoms with Gasteiger partial charge in [0.2, 0.25) is 0 Å². The second kappa shape index (κ2) is 8.25. The maximum atomic E-state index is 11.4. The normalized spacial score (nSPS) is 10.2. The van der Waals surface area contributed by atoms with Crippen molar-refractivity contribution in [2.45, 2.75) is 4.90 Å². The van der Waals surface area contributed by atoms with Crippen molar-refractivity contribution in [2.75, 3.05) is 20.0 Å². The summed E-state index contributed by atoms with van der Waals surface area (Å²) < 4.78 is 18.8. The van der Waals surface area contributed by atoms with E-state index < -0.39 is 18.3 Å². The van der Waals surface area contributed by atoms with Crippen molar-refractivity contribution in [2.24, 2.45) is 0 Å². The molecule has 0 aliphatic heterocycles. The van der Waals surface area contributed by atoms with Crippen LogP contribution < -0.4 is 9.47 Å². The molecular formula is C16H14O8S. The SMILES string of the molecule is COC(=O)Oc1cc2ccc(SCC(=O)O)cc2cc1OC(=O)OC. The lowest BCUT2D eigenvalue weighted by Gasteiger charge is -2.11. The van der Waals surface area contributed by atoms with Crippen molar-refractivity contribution < 1.29 is 38.4 Å². The summed E-state index contributed by atoms with van der Waals surface area (Å²) in [6.07, 6.45) is -1.95. The average molecular weight is 366 g/mol. The van der Waals surface area contributed by atoms with Crippen LogP contribution >= 0.6 is 11.8 Å². The molecule has 0 amide bonds. The van der Waals surface area contributed by atoms with Crippen molar-refractivity contribution in [3.05, 3.63) is 30.3 Å². The van der Waals surface area contributed by atoms with Crippen LogP contribution in [0.5, 0.6) is 11.5 Å². The first-order valence-corrected chi connectivity index (χ1v) is 7.85. The highest BCUT2D eigenvalue weighted by atomic mass is 32.2. The van der Waals surface area contributed by atoms with Gasteiger partial charge in [-0.2, -0.15) is 0 Å². The fourth-order valence-electron chi connectivity index (χ4n) is 1.89. The van der Waals surface area contributed by atoms with Gasteiger partial charge in [-0.05, 0) is 35.0 Å². The fraction of sp³-hybridized carbons (Fsp3) is 0.188. The summed E-state index contributed by atoms with van der Waals surface area (Å²) in [6, 6.07) is 8.17. The quantitative estimate of drug-likeness (QED) is 0.484. The van der Waals surface area contributed by atoms with E-state index in [-0.39, 0.29) is 17.3 Å². The van der Waals surface area contributed by atoms with E-state index in [1.165, 1.54) is 12.1 Å². The number of methoxy groups -OCH3 is 2. The van der Waals surface area contributed by atoms with E-state index in [1.54, 1.807) is 18.2 Å². The molecule has 0 heterocycles. The second-order valence-electron chi connectivity index (χ2n) is 4.60. The predicted molar refractivity (Wildman–Crippen MR) is 88.4 cm³/mol. The van der Waals surface area contributed by atoms with Crippen molar-refractivity contribution in [1.82, 2.24) is 0 Å². The predicted octanol–water partition coefficient (Wildman–Crippen LogP) is 3.31. The third-order valence-corrected chi connectivity index (χ3v) is 3.94. The van der Waals surface area contributed by atoms with E-state index in [0.29, 0.717) is 10.8 Å². The van der Waals surface area contributed by atoms with Crippen LogP contribution in [0.3, 0.4) is 0 Å². The zero-order valence-electron chi connectivity index (χ0n) is 13.3. The molecule has 132 valence electrons. The Kier molecular flexibility index (Phi) is 6.07. The van der Waals surface area contributed by atoms with Gasteiger partial charge in [0.25, 0.3) is 0 Å². The van der Waals surface area contributed by atoms with Gasteiger partial charge in [-0.1, -0.05) is 6.07 Å². The number of hydrogen-bond acceptors (Lipinski definition) is 8. The number of rotatable bonds is 5. The summed E-state index contributed by atoms with van der Waals surface area (Å²) in [5.74, 6) is -1.07. The molecule has 0 saturated heterocycles. The van der Waals surface area contributed by atoms with Gasteiger partial charge in [0, 0.05) is 4.90 Å². The van der Waals surface area contributed by atoms with Crippen LogP contribution in [0.4, 0.5) is 9.59 Å². The number of hydrogen-bond donors (Lipinski definition) is 1. The standard InChI is InChI=1S/C16H14O8S/c1-21-15(19)23-12-6-9-3-4-11(25-8-14(17)18)5-10(9)7-13(12)24-16(20)22-2/h3-7H,8H2,1-2H3,(H,17,18). The maximum Gasteiger partial charge on any atom is 0.513 e. The number of benzene rings is 2. The van der Waals surface area contributed by atoms with Gasteiger partial charge in [0.15, 0.2) is 11.5 Å². The zero-order chi connectivity index (χ0) is 18.4. The monoisotopic (exact) mass is 366 g/mol. The van der Waals surface area contributed by atoms with E-state index >= 15 is 0 Å². The smallest absolute Gasteiger partial charge is 0.481 e. The Morgan fingerprint density at radius 2 is 1.48 bits per heavy atom. The minimum atomic E-state index is -0.981. The molecule has 0 aromatic heterocycles. The summed E-state index contributed by atoms with van der Waals surface area (Å²) >= 11 is 1.15. The molecule has 0 aliphatic rings. The topological polar surface area (TPSA) is 108 Å². The number of carboxylic acids is 1. The van der Waals surface area contributed by atoms with Gasteiger partial charge in [0.1, 0.15) is 0 Å². The van der Waals surface area contributed by atoms with Gasteiger partial charge in [-0.25, -0.2) is 9.59 Å². The van der Waals surface area contributed by atoms with Crippen LogP contribution in [0.25, 0.3) is 10.8 Å². The molecule has 2 aromatic carbocycles. The van der Waals surface area contributed by atoms with Crippen LogP contribution in [-0.4, -0.2) is 43.4 Å². The van der Waals surface area contributed by atoms with Crippen molar-refractivity contribution in [1.29, 1.82) is 0 Å². The van der Waals surface area contributed by atoms with Crippen molar-refractivity contribution in [3.63, 3.8) is 0 Å². The number of carboxylic acid groups (broad SMARTS) is 1. The molecule has 0 atom stereocenters. The lowest BCUT2D eigenvalue weighted by molar-refractivity contribution is -0.133. The fourth-order valence-corrected chi connectivity index (χ4v) is 2.56. The second-order valence-corrected chi connectivity index (χ2v) is 5.65. The number of carbonyl (C=O) groups excluding carboxylic acids is 2. The van der Waals surface area contributed by atoms with E-state index in [2.05, 4.69) is 9.47 Å². The maximum absolute atomic E-state index is 11.4. The van der Waals surface area contributed by atoms with Crippen LogP contribution in [-0.2, 0) is 14.3 Å². The number of fused-ring (bicyclic) bond motifs is 1. The number of carbonyl (C=O) groups is 3. The molecule has 0 spiro atoms. The Morgan fingerprint density at radius 1 is 0.920 bits per heavy atom. The Morgan fingerprint density at radius 3 is 2.00 bits per heavy atom. The molecule has 0 radical (unpaired) electrons. The third-order valence-electron chi connectivity index (χ3n) is 2.96. The highest BCUT2D eigenvalue weighted by Crippen LogP contribution is 2.35.